The van der Waals surface area contributed by atoms with Gasteiger partial charge in [0.2, 0.25) is 0 Å². The number of thiophene rings is 1. The third-order valence-corrected chi connectivity index (χ3v) is 4.23. The number of rotatable bonds is 7. The molecular weight excluding hydrogens is 252 g/mol. The van der Waals surface area contributed by atoms with Gasteiger partial charge in [0.1, 0.15) is 0 Å². The van der Waals surface area contributed by atoms with Crippen molar-refractivity contribution in [3.05, 3.63) is 22.4 Å². The third-order valence-electron chi connectivity index (χ3n) is 3.37. The van der Waals surface area contributed by atoms with Crippen LogP contribution in [-0.4, -0.2) is 29.1 Å². The summed E-state index contributed by atoms with van der Waals surface area (Å²) in [5.41, 5.74) is 0.218. The minimum absolute atomic E-state index is 0.218. The Morgan fingerprint density at radius 1 is 1.26 bits per heavy atom. The molecule has 0 aliphatic rings. The first kappa shape index (κ1) is 16.7. The van der Waals surface area contributed by atoms with Gasteiger partial charge >= 0.3 is 0 Å². The summed E-state index contributed by atoms with van der Waals surface area (Å²) in [6.07, 6.45) is 1.20. The number of nitrogens with zero attached hydrogens (tertiary/aromatic N) is 1. The van der Waals surface area contributed by atoms with Crippen molar-refractivity contribution in [3.8, 4) is 0 Å². The molecule has 1 heterocycles. The van der Waals surface area contributed by atoms with E-state index in [0.29, 0.717) is 12.1 Å². The van der Waals surface area contributed by atoms with E-state index in [4.69, 9.17) is 0 Å². The molecule has 2 nitrogen and oxygen atoms in total. The molecule has 0 aromatic carbocycles. The molecule has 19 heavy (non-hydrogen) atoms. The fourth-order valence-corrected chi connectivity index (χ4v) is 2.96. The van der Waals surface area contributed by atoms with E-state index < -0.39 is 0 Å². The highest BCUT2D eigenvalue weighted by Gasteiger charge is 2.18. The smallest absolute Gasteiger partial charge is 0.0333 e. The number of nitrogens with one attached hydrogen (secondary N) is 1. The van der Waals surface area contributed by atoms with E-state index in [9.17, 15) is 0 Å². The normalized spacial score (nSPS) is 14.3. The second kappa shape index (κ2) is 7.41. The van der Waals surface area contributed by atoms with E-state index >= 15 is 0 Å². The highest BCUT2D eigenvalue weighted by atomic mass is 32.1. The maximum absolute atomic E-state index is 3.58. The molecule has 0 radical (unpaired) electrons. The maximum atomic E-state index is 3.58. The molecule has 0 saturated heterocycles. The lowest BCUT2D eigenvalue weighted by Crippen LogP contribution is -2.42. The van der Waals surface area contributed by atoms with Gasteiger partial charge in [0.25, 0.3) is 0 Å². The van der Waals surface area contributed by atoms with E-state index in [1.54, 1.807) is 0 Å². The van der Waals surface area contributed by atoms with Gasteiger partial charge in [0, 0.05) is 29.0 Å². The summed E-state index contributed by atoms with van der Waals surface area (Å²) >= 11 is 1.86. The van der Waals surface area contributed by atoms with Gasteiger partial charge in [-0.1, -0.05) is 6.07 Å². The molecule has 0 amide bonds. The van der Waals surface area contributed by atoms with Crippen molar-refractivity contribution >= 4 is 11.3 Å². The monoisotopic (exact) mass is 282 g/mol. The summed E-state index contributed by atoms with van der Waals surface area (Å²) in [7, 11) is 0. The second-order valence-electron chi connectivity index (χ2n) is 6.66. The molecule has 0 bridgehead atoms. The molecule has 3 heteroatoms. The van der Waals surface area contributed by atoms with Crippen LogP contribution >= 0.6 is 11.3 Å². The minimum atomic E-state index is 0.218. The van der Waals surface area contributed by atoms with E-state index in [1.165, 1.54) is 11.3 Å². The molecule has 1 N–H and O–H groups in total. The zero-order valence-electron chi connectivity index (χ0n) is 13.4. The Morgan fingerprint density at radius 3 is 2.42 bits per heavy atom. The quantitative estimate of drug-likeness (QED) is 0.809. The van der Waals surface area contributed by atoms with Crippen LogP contribution in [-0.2, 0) is 6.54 Å². The molecule has 110 valence electrons. The van der Waals surface area contributed by atoms with Crippen molar-refractivity contribution in [2.45, 2.75) is 72.1 Å². The lowest BCUT2D eigenvalue weighted by molar-refractivity contribution is 0.146. The average Bonchev–Trinajstić information content (AvgIpc) is 2.76. The zero-order valence-corrected chi connectivity index (χ0v) is 14.2. The van der Waals surface area contributed by atoms with Crippen molar-refractivity contribution in [1.82, 2.24) is 10.2 Å². The molecular formula is C16H30N2S. The van der Waals surface area contributed by atoms with Crippen LogP contribution in [0.5, 0.6) is 0 Å². The predicted molar refractivity (Wildman–Crippen MR) is 86.8 cm³/mol. The van der Waals surface area contributed by atoms with Gasteiger partial charge in [-0.2, -0.15) is 0 Å². The third kappa shape index (κ3) is 6.55. The molecule has 1 unspecified atom stereocenters. The van der Waals surface area contributed by atoms with Crippen LogP contribution in [0.15, 0.2) is 17.5 Å². The molecule has 1 rings (SSSR count). The molecule has 1 aromatic heterocycles. The van der Waals surface area contributed by atoms with Crippen LogP contribution in [0.4, 0.5) is 0 Å². The van der Waals surface area contributed by atoms with Crippen molar-refractivity contribution in [2.75, 3.05) is 6.54 Å². The Morgan fingerprint density at radius 2 is 1.95 bits per heavy atom. The Bertz CT molecular complexity index is 338. The van der Waals surface area contributed by atoms with Gasteiger partial charge in [0.15, 0.2) is 0 Å². The molecule has 0 aliphatic carbocycles. The maximum Gasteiger partial charge on any atom is 0.0333 e. The average molecular weight is 282 g/mol. The first-order valence-electron chi connectivity index (χ1n) is 7.33. The highest BCUT2D eigenvalue weighted by molar-refractivity contribution is 7.09. The minimum Gasteiger partial charge on any atom is -0.312 e. The molecule has 1 aromatic rings. The first-order valence-corrected chi connectivity index (χ1v) is 8.20. The SMILES string of the molecule is CC(C)N(Cc1cccs1)C(C)CCNC(C)(C)C. The standard InChI is InChI=1S/C16H30N2S/c1-13(2)18(12-15-8-7-11-19-15)14(3)9-10-17-16(4,5)6/h7-8,11,13-14,17H,9-10,12H2,1-6H3. The van der Waals surface area contributed by atoms with Gasteiger partial charge in [0.05, 0.1) is 0 Å². The highest BCUT2D eigenvalue weighted by Crippen LogP contribution is 2.17. The fourth-order valence-electron chi connectivity index (χ4n) is 2.25. The molecule has 1 atom stereocenters. The van der Waals surface area contributed by atoms with Crippen molar-refractivity contribution in [1.29, 1.82) is 0 Å². The topological polar surface area (TPSA) is 15.3 Å². The van der Waals surface area contributed by atoms with E-state index in [0.717, 1.165) is 13.1 Å². The van der Waals surface area contributed by atoms with Crippen LogP contribution < -0.4 is 5.32 Å². The summed E-state index contributed by atoms with van der Waals surface area (Å²) in [4.78, 5) is 4.06. The van der Waals surface area contributed by atoms with Gasteiger partial charge in [-0.25, -0.2) is 0 Å². The van der Waals surface area contributed by atoms with Crippen molar-refractivity contribution in [3.63, 3.8) is 0 Å². The summed E-state index contributed by atoms with van der Waals surface area (Å²) in [6, 6.07) is 5.58. The molecule has 0 spiro atoms. The van der Waals surface area contributed by atoms with Crippen LogP contribution in [0.3, 0.4) is 0 Å². The lowest BCUT2D eigenvalue weighted by atomic mass is 10.1. The Hall–Kier alpha value is -0.380. The summed E-state index contributed by atoms with van der Waals surface area (Å²) in [6.45, 7) is 15.8. The van der Waals surface area contributed by atoms with Crippen LogP contribution in [0.1, 0.15) is 52.8 Å². The van der Waals surface area contributed by atoms with E-state index in [2.05, 4.69) is 69.3 Å². The lowest BCUT2D eigenvalue weighted by Gasteiger charge is -2.33. The predicted octanol–water partition coefficient (Wildman–Crippen LogP) is 4.13. The largest absolute Gasteiger partial charge is 0.312 e. The van der Waals surface area contributed by atoms with Gasteiger partial charge in [-0.15, -0.1) is 11.3 Å². The van der Waals surface area contributed by atoms with Gasteiger partial charge in [-0.3, -0.25) is 4.90 Å². The van der Waals surface area contributed by atoms with Gasteiger partial charge in [-0.05, 0) is 66.0 Å². The van der Waals surface area contributed by atoms with Crippen LogP contribution in [0.25, 0.3) is 0 Å². The zero-order chi connectivity index (χ0) is 14.5. The summed E-state index contributed by atoms with van der Waals surface area (Å²) < 4.78 is 0. The second-order valence-corrected chi connectivity index (χ2v) is 7.69. The van der Waals surface area contributed by atoms with Gasteiger partial charge < -0.3 is 5.32 Å². The summed E-state index contributed by atoms with van der Waals surface area (Å²) in [5, 5.41) is 5.75. The van der Waals surface area contributed by atoms with E-state index in [-0.39, 0.29) is 5.54 Å². The molecule has 0 aliphatic heterocycles. The van der Waals surface area contributed by atoms with Crippen molar-refractivity contribution < 1.29 is 0 Å². The Labute approximate surface area is 123 Å². The number of hydrogen-bond donors (Lipinski definition) is 1. The summed E-state index contributed by atoms with van der Waals surface area (Å²) in [5.74, 6) is 0. The van der Waals surface area contributed by atoms with Crippen LogP contribution in [0, 0.1) is 0 Å². The van der Waals surface area contributed by atoms with Crippen LogP contribution in [0.2, 0.25) is 0 Å². The van der Waals surface area contributed by atoms with Crippen molar-refractivity contribution in [2.24, 2.45) is 0 Å². The Balaban J connectivity index is 2.47. The molecule has 0 saturated carbocycles. The fraction of sp³-hybridized carbons (Fsp3) is 0.750. The van der Waals surface area contributed by atoms with E-state index in [1.807, 2.05) is 11.3 Å². The molecule has 0 fully saturated rings. The Kier molecular flexibility index (Phi) is 6.51. The number of hydrogen-bond acceptors (Lipinski definition) is 3. The first-order chi connectivity index (χ1) is 8.79.